The van der Waals surface area contributed by atoms with E-state index in [1.54, 1.807) is 11.0 Å². The Balaban J connectivity index is 2.05. The Morgan fingerprint density at radius 3 is 2.50 bits per heavy atom. The van der Waals surface area contributed by atoms with Crippen molar-refractivity contribution >= 4 is 11.8 Å². The van der Waals surface area contributed by atoms with E-state index in [1.807, 2.05) is 26.8 Å². The minimum absolute atomic E-state index is 0.00133. The van der Waals surface area contributed by atoms with Crippen molar-refractivity contribution < 1.29 is 14.0 Å². The Bertz CT molecular complexity index is 612. The maximum Gasteiger partial charge on any atom is 0.245 e. The molecule has 5 heteroatoms. The number of hydrogen-bond donors (Lipinski definition) is 1. The molecular formula is C21H31FN2O2. The molecule has 0 aromatic heterocycles. The van der Waals surface area contributed by atoms with Gasteiger partial charge in [-0.3, -0.25) is 9.59 Å². The van der Waals surface area contributed by atoms with Crippen LogP contribution in [0.1, 0.15) is 58.4 Å². The number of amides is 2. The van der Waals surface area contributed by atoms with Crippen LogP contribution in [0.2, 0.25) is 0 Å². The van der Waals surface area contributed by atoms with E-state index in [0.29, 0.717) is 13.1 Å². The van der Waals surface area contributed by atoms with Gasteiger partial charge in [-0.25, -0.2) is 4.39 Å². The van der Waals surface area contributed by atoms with Crippen molar-refractivity contribution in [2.75, 3.05) is 6.54 Å². The van der Waals surface area contributed by atoms with Crippen LogP contribution in [0, 0.1) is 17.7 Å². The van der Waals surface area contributed by atoms with Crippen LogP contribution in [-0.4, -0.2) is 29.3 Å². The minimum Gasteiger partial charge on any atom is -0.344 e. The molecule has 2 rings (SSSR count). The van der Waals surface area contributed by atoms with E-state index in [-0.39, 0.29) is 29.5 Å². The fourth-order valence-electron chi connectivity index (χ4n) is 3.55. The lowest BCUT2D eigenvalue weighted by molar-refractivity contribution is -0.139. The van der Waals surface area contributed by atoms with Crippen molar-refractivity contribution in [2.45, 2.75) is 65.5 Å². The fraction of sp³-hybridized carbons (Fsp3) is 0.619. The number of carbonyl (C=O) groups excluding carboxylic acids is 2. The van der Waals surface area contributed by atoms with Gasteiger partial charge in [0, 0.05) is 19.0 Å². The maximum absolute atomic E-state index is 13.4. The van der Waals surface area contributed by atoms with Gasteiger partial charge in [-0.1, -0.05) is 45.2 Å². The third kappa shape index (κ3) is 5.55. The molecule has 1 fully saturated rings. The van der Waals surface area contributed by atoms with Crippen molar-refractivity contribution in [1.82, 2.24) is 10.2 Å². The Morgan fingerprint density at radius 2 is 1.92 bits per heavy atom. The summed E-state index contributed by atoms with van der Waals surface area (Å²) in [5, 5.41) is 2.99. The molecule has 1 aliphatic rings. The van der Waals surface area contributed by atoms with Crippen LogP contribution >= 0.6 is 0 Å². The van der Waals surface area contributed by atoms with E-state index in [1.165, 1.54) is 18.6 Å². The van der Waals surface area contributed by atoms with Crippen LogP contribution in [0.5, 0.6) is 0 Å². The molecule has 0 bridgehead atoms. The Kier molecular flexibility index (Phi) is 7.61. The van der Waals surface area contributed by atoms with Gasteiger partial charge in [0.2, 0.25) is 11.8 Å². The lowest BCUT2D eigenvalue weighted by Gasteiger charge is -2.31. The summed E-state index contributed by atoms with van der Waals surface area (Å²) in [6.07, 6.45) is 5.17. The Labute approximate surface area is 156 Å². The summed E-state index contributed by atoms with van der Waals surface area (Å²) in [5.74, 6) is -0.390. The SMILES string of the molecule is CCN(Cc1cccc(F)c1)C(=O)[C@@H](NC(=O)C1CCCCC1)C(C)C. The van der Waals surface area contributed by atoms with Crippen LogP contribution in [-0.2, 0) is 16.1 Å². The van der Waals surface area contributed by atoms with Gasteiger partial charge in [0.1, 0.15) is 11.9 Å². The molecule has 0 heterocycles. The molecular weight excluding hydrogens is 331 g/mol. The van der Waals surface area contributed by atoms with Gasteiger partial charge in [-0.15, -0.1) is 0 Å². The lowest BCUT2D eigenvalue weighted by Crippen LogP contribution is -2.52. The Hall–Kier alpha value is -1.91. The first-order valence-electron chi connectivity index (χ1n) is 9.76. The van der Waals surface area contributed by atoms with Gasteiger partial charge in [-0.2, -0.15) is 0 Å². The van der Waals surface area contributed by atoms with Crippen LogP contribution in [0.3, 0.4) is 0 Å². The van der Waals surface area contributed by atoms with Crippen molar-refractivity contribution in [2.24, 2.45) is 11.8 Å². The molecule has 1 aromatic carbocycles. The van der Waals surface area contributed by atoms with Gasteiger partial charge in [0.15, 0.2) is 0 Å². The Morgan fingerprint density at radius 1 is 1.23 bits per heavy atom. The summed E-state index contributed by atoms with van der Waals surface area (Å²) in [6, 6.07) is 5.75. The molecule has 0 aliphatic heterocycles. The van der Waals surface area contributed by atoms with E-state index < -0.39 is 6.04 Å². The van der Waals surface area contributed by atoms with Gasteiger partial charge in [-0.05, 0) is 43.4 Å². The second-order valence-corrected chi connectivity index (χ2v) is 7.55. The molecule has 0 radical (unpaired) electrons. The van der Waals surface area contributed by atoms with Crippen molar-refractivity contribution in [3.63, 3.8) is 0 Å². The summed E-state index contributed by atoms with van der Waals surface area (Å²) < 4.78 is 13.4. The van der Waals surface area contributed by atoms with E-state index in [2.05, 4.69) is 5.32 Å². The molecule has 1 saturated carbocycles. The number of rotatable bonds is 7. The first-order chi connectivity index (χ1) is 12.4. The highest BCUT2D eigenvalue weighted by atomic mass is 19.1. The third-order valence-electron chi connectivity index (χ3n) is 5.16. The number of hydrogen-bond acceptors (Lipinski definition) is 2. The monoisotopic (exact) mass is 362 g/mol. The van der Waals surface area contributed by atoms with Gasteiger partial charge < -0.3 is 10.2 Å². The van der Waals surface area contributed by atoms with E-state index in [0.717, 1.165) is 31.2 Å². The standard InChI is InChI=1S/C21H31FN2O2/c1-4-24(14-16-9-8-12-18(22)13-16)21(26)19(15(2)3)23-20(25)17-10-6-5-7-11-17/h8-9,12-13,15,17,19H,4-7,10-11,14H2,1-3H3,(H,23,25)/t19-/m0/s1. The highest BCUT2D eigenvalue weighted by molar-refractivity contribution is 5.88. The first kappa shape index (κ1) is 20.4. The number of nitrogens with one attached hydrogen (secondary N) is 1. The first-order valence-corrected chi connectivity index (χ1v) is 9.76. The molecule has 1 atom stereocenters. The lowest BCUT2D eigenvalue weighted by atomic mass is 9.88. The molecule has 1 aliphatic carbocycles. The summed E-state index contributed by atoms with van der Waals surface area (Å²) in [4.78, 5) is 27.3. The van der Waals surface area contributed by atoms with Gasteiger partial charge in [0.05, 0.1) is 0 Å². The van der Waals surface area contributed by atoms with E-state index in [4.69, 9.17) is 0 Å². The molecule has 4 nitrogen and oxygen atoms in total. The van der Waals surface area contributed by atoms with Crippen LogP contribution in [0.4, 0.5) is 4.39 Å². The maximum atomic E-state index is 13.4. The molecule has 26 heavy (non-hydrogen) atoms. The zero-order chi connectivity index (χ0) is 19.1. The van der Waals surface area contributed by atoms with Crippen molar-refractivity contribution in [3.05, 3.63) is 35.6 Å². The molecule has 144 valence electrons. The van der Waals surface area contributed by atoms with Crippen molar-refractivity contribution in [1.29, 1.82) is 0 Å². The van der Waals surface area contributed by atoms with Crippen LogP contribution < -0.4 is 5.32 Å². The van der Waals surface area contributed by atoms with Gasteiger partial charge in [0.25, 0.3) is 0 Å². The largest absolute Gasteiger partial charge is 0.344 e. The zero-order valence-electron chi connectivity index (χ0n) is 16.1. The van der Waals surface area contributed by atoms with E-state index in [9.17, 15) is 14.0 Å². The molecule has 0 spiro atoms. The molecule has 0 saturated heterocycles. The fourth-order valence-corrected chi connectivity index (χ4v) is 3.55. The number of likely N-dealkylation sites (N-methyl/N-ethyl adjacent to an activating group) is 1. The number of carbonyl (C=O) groups is 2. The van der Waals surface area contributed by atoms with E-state index >= 15 is 0 Å². The minimum atomic E-state index is -0.544. The third-order valence-corrected chi connectivity index (χ3v) is 5.16. The summed E-state index contributed by atoms with van der Waals surface area (Å²) in [7, 11) is 0. The average molecular weight is 362 g/mol. The molecule has 0 unspecified atom stereocenters. The summed E-state index contributed by atoms with van der Waals surface area (Å²) in [6.45, 7) is 6.64. The number of benzene rings is 1. The summed E-state index contributed by atoms with van der Waals surface area (Å²) >= 11 is 0. The number of halogens is 1. The smallest absolute Gasteiger partial charge is 0.245 e. The predicted octanol–water partition coefficient (Wildman–Crippen LogP) is 3.90. The van der Waals surface area contributed by atoms with Crippen LogP contribution in [0.25, 0.3) is 0 Å². The van der Waals surface area contributed by atoms with Crippen molar-refractivity contribution in [3.8, 4) is 0 Å². The highest BCUT2D eigenvalue weighted by Gasteiger charge is 2.31. The van der Waals surface area contributed by atoms with Gasteiger partial charge >= 0.3 is 0 Å². The second kappa shape index (κ2) is 9.70. The second-order valence-electron chi connectivity index (χ2n) is 7.55. The molecule has 1 aromatic rings. The predicted molar refractivity (Wildman–Crippen MR) is 101 cm³/mol. The van der Waals surface area contributed by atoms with Crippen LogP contribution in [0.15, 0.2) is 24.3 Å². The summed E-state index contributed by atoms with van der Waals surface area (Å²) in [5.41, 5.74) is 0.751. The molecule has 1 N–H and O–H groups in total. The normalized spacial score (nSPS) is 16.3. The highest BCUT2D eigenvalue weighted by Crippen LogP contribution is 2.24. The molecule has 2 amide bonds. The number of nitrogens with zero attached hydrogens (tertiary/aromatic N) is 1. The zero-order valence-corrected chi connectivity index (χ0v) is 16.1. The topological polar surface area (TPSA) is 49.4 Å². The average Bonchev–Trinajstić information content (AvgIpc) is 2.64. The quantitative estimate of drug-likeness (QED) is 0.800.